The first-order valence-electron chi connectivity index (χ1n) is 5.84. The van der Waals surface area contributed by atoms with Crippen LogP contribution in [-0.2, 0) is 16.1 Å². The number of hydrogen-bond acceptors (Lipinski definition) is 3. The molecule has 2 rings (SSSR count). The topological polar surface area (TPSA) is 39.2 Å². The molecule has 0 saturated heterocycles. The molecule has 0 aliphatic heterocycles. The lowest BCUT2D eigenvalue weighted by molar-refractivity contribution is -0.138. The van der Waals surface area contributed by atoms with Gasteiger partial charge in [-0.1, -0.05) is 23.7 Å². The maximum atomic E-state index is 12.7. The smallest absolute Gasteiger partial charge is 0.331 e. The van der Waals surface area contributed by atoms with Gasteiger partial charge < -0.3 is 4.74 Å². The van der Waals surface area contributed by atoms with E-state index >= 15 is 0 Å². The lowest BCUT2D eigenvalue weighted by atomic mass is 10.2. The van der Waals surface area contributed by atoms with Crippen LogP contribution in [0.5, 0.6) is 0 Å². The zero-order chi connectivity index (χ0) is 14.4. The summed E-state index contributed by atoms with van der Waals surface area (Å²) in [5, 5.41) is 0.348. The van der Waals surface area contributed by atoms with Crippen LogP contribution in [0, 0.1) is 5.82 Å². The Hall–Kier alpha value is -2.20. The van der Waals surface area contributed by atoms with Crippen molar-refractivity contribution in [2.24, 2.45) is 0 Å². The van der Waals surface area contributed by atoms with E-state index in [1.165, 1.54) is 18.2 Å². The summed E-state index contributed by atoms with van der Waals surface area (Å²) in [6.07, 6.45) is 4.39. The van der Waals surface area contributed by atoms with Crippen LogP contribution in [0.25, 0.3) is 6.08 Å². The van der Waals surface area contributed by atoms with E-state index in [1.54, 1.807) is 36.5 Å². The SMILES string of the molecule is O=C(/C=C/c1ccc(F)cc1)OCc1ccnc(Cl)c1. The minimum atomic E-state index is -0.484. The fourth-order valence-electron chi connectivity index (χ4n) is 1.47. The fourth-order valence-corrected chi connectivity index (χ4v) is 1.67. The zero-order valence-electron chi connectivity index (χ0n) is 10.4. The standard InChI is InChI=1S/C15H11ClFNO2/c16-14-9-12(7-8-18-14)10-20-15(19)6-3-11-1-4-13(17)5-2-11/h1-9H,10H2/b6-3+. The Morgan fingerprint density at radius 2 is 2.05 bits per heavy atom. The number of esters is 1. The molecule has 0 atom stereocenters. The third-order valence-electron chi connectivity index (χ3n) is 2.45. The van der Waals surface area contributed by atoms with Crippen molar-refractivity contribution in [3.8, 4) is 0 Å². The molecular weight excluding hydrogens is 281 g/mol. The van der Waals surface area contributed by atoms with Gasteiger partial charge in [-0.15, -0.1) is 0 Å². The van der Waals surface area contributed by atoms with Crippen molar-refractivity contribution in [3.63, 3.8) is 0 Å². The van der Waals surface area contributed by atoms with Gasteiger partial charge in [-0.3, -0.25) is 0 Å². The van der Waals surface area contributed by atoms with Gasteiger partial charge in [0.25, 0.3) is 0 Å². The van der Waals surface area contributed by atoms with Gasteiger partial charge in [0.15, 0.2) is 0 Å². The quantitative estimate of drug-likeness (QED) is 0.490. The lowest BCUT2D eigenvalue weighted by Crippen LogP contribution is -2.00. The van der Waals surface area contributed by atoms with Gasteiger partial charge in [-0.2, -0.15) is 0 Å². The molecule has 0 radical (unpaired) electrons. The van der Waals surface area contributed by atoms with Crippen LogP contribution < -0.4 is 0 Å². The van der Waals surface area contributed by atoms with Crippen molar-refractivity contribution in [3.05, 3.63) is 70.8 Å². The molecule has 0 unspecified atom stereocenters. The van der Waals surface area contributed by atoms with Crippen molar-refractivity contribution in [1.82, 2.24) is 4.98 Å². The summed E-state index contributed by atoms with van der Waals surface area (Å²) >= 11 is 5.72. The molecule has 0 N–H and O–H groups in total. The number of rotatable bonds is 4. The molecule has 0 fully saturated rings. The first kappa shape index (κ1) is 14.2. The van der Waals surface area contributed by atoms with Crippen LogP contribution in [-0.4, -0.2) is 11.0 Å². The fraction of sp³-hybridized carbons (Fsp3) is 0.0667. The molecule has 2 aromatic rings. The molecule has 3 nitrogen and oxygen atoms in total. The van der Waals surface area contributed by atoms with Gasteiger partial charge in [0.05, 0.1) is 0 Å². The lowest BCUT2D eigenvalue weighted by Gasteiger charge is -2.02. The van der Waals surface area contributed by atoms with Crippen LogP contribution in [0.4, 0.5) is 4.39 Å². The average molecular weight is 292 g/mol. The van der Waals surface area contributed by atoms with Gasteiger partial charge in [-0.25, -0.2) is 14.2 Å². The highest BCUT2D eigenvalue weighted by Crippen LogP contribution is 2.09. The number of carbonyl (C=O) groups excluding carboxylic acids is 1. The maximum Gasteiger partial charge on any atom is 0.331 e. The van der Waals surface area contributed by atoms with Crippen molar-refractivity contribution in [2.45, 2.75) is 6.61 Å². The normalized spacial score (nSPS) is 10.7. The van der Waals surface area contributed by atoms with Crippen LogP contribution in [0.3, 0.4) is 0 Å². The van der Waals surface area contributed by atoms with E-state index in [0.29, 0.717) is 5.15 Å². The minimum absolute atomic E-state index is 0.120. The van der Waals surface area contributed by atoms with E-state index in [-0.39, 0.29) is 12.4 Å². The second-order valence-electron chi connectivity index (χ2n) is 3.98. The molecule has 1 aromatic heterocycles. The van der Waals surface area contributed by atoms with Gasteiger partial charge in [0.1, 0.15) is 17.6 Å². The van der Waals surface area contributed by atoms with E-state index < -0.39 is 5.97 Å². The van der Waals surface area contributed by atoms with E-state index in [9.17, 15) is 9.18 Å². The monoisotopic (exact) mass is 291 g/mol. The number of nitrogens with zero attached hydrogens (tertiary/aromatic N) is 1. The van der Waals surface area contributed by atoms with E-state index in [1.807, 2.05) is 0 Å². The van der Waals surface area contributed by atoms with Gasteiger partial charge in [0.2, 0.25) is 0 Å². The number of ether oxygens (including phenoxy) is 1. The van der Waals surface area contributed by atoms with Crippen molar-refractivity contribution in [1.29, 1.82) is 0 Å². The number of hydrogen-bond donors (Lipinski definition) is 0. The molecule has 0 spiro atoms. The Balaban J connectivity index is 1.88. The summed E-state index contributed by atoms with van der Waals surface area (Å²) in [5.74, 6) is -0.804. The number of pyridine rings is 1. The predicted octanol–water partition coefficient (Wildman–Crippen LogP) is 3.63. The molecule has 5 heteroatoms. The predicted molar refractivity (Wildman–Crippen MR) is 74.5 cm³/mol. The van der Waals surface area contributed by atoms with Crippen LogP contribution in [0.2, 0.25) is 5.15 Å². The van der Waals surface area contributed by atoms with Crippen molar-refractivity contribution < 1.29 is 13.9 Å². The van der Waals surface area contributed by atoms with Gasteiger partial charge in [0, 0.05) is 12.3 Å². The summed E-state index contributed by atoms with van der Waals surface area (Å²) in [6.45, 7) is 0.120. The number of halogens is 2. The zero-order valence-corrected chi connectivity index (χ0v) is 11.2. The highest BCUT2D eigenvalue weighted by molar-refractivity contribution is 6.29. The largest absolute Gasteiger partial charge is 0.458 e. The van der Waals surface area contributed by atoms with Crippen LogP contribution >= 0.6 is 11.6 Å². The minimum Gasteiger partial charge on any atom is -0.458 e. The Labute approximate surface area is 120 Å². The van der Waals surface area contributed by atoms with Gasteiger partial charge in [-0.05, 0) is 41.5 Å². The van der Waals surface area contributed by atoms with Crippen LogP contribution in [0.1, 0.15) is 11.1 Å². The Morgan fingerprint density at radius 1 is 1.30 bits per heavy atom. The molecule has 102 valence electrons. The van der Waals surface area contributed by atoms with Crippen molar-refractivity contribution in [2.75, 3.05) is 0 Å². The van der Waals surface area contributed by atoms with Gasteiger partial charge >= 0.3 is 5.97 Å². The molecule has 1 aromatic carbocycles. The summed E-state index contributed by atoms with van der Waals surface area (Å²) < 4.78 is 17.7. The molecule has 0 amide bonds. The highest BCUT2D eigenvalue weighted by Gasteiger charge is 2.00. The molecule has 20 heavy (non-hydrogen) atoms. The third-order valence-corrected chi connectivity index (χ3v) is 2.66. The Morgan fingerprint density at radius 3 is 2.75 bits per heavy atom. The third kappa shape index (κ3) is 4.48. The summed E-state index contributed by atoms with van der Waals surface area (Å²) in [4.78, 5) is 15.3. The Kier molecular flexibility index (Phi) is 4.85. The van der Waals surface area contributed by atoms with Crippen molar-refractivity contribution >= 4 is 23.6 Å². The molecule has 1 heterocycles. The van der Waals surface area contributed by atoms with E-state index in [2.05, 4.69) is 4.98 Å². The Bertz CT molecular complexity index is 626. The summed E-state index contributed by atoms with van der Waals surface area (Å²) in [6, 6.07) is 9.12. The van der Waals surface area contributed by atoms with E-state index in [4.69, 9.17) is 16.3 Å². The number of carbonyl (C=O) groups is 1. The number of aromatic nitrogens is 1. The highest BCUT2D eigenvalue weighted by atomic mass is 35.5. The molecule has 0 saturated carbocycles. The summed E-state index contributed by atoms with van der Waals surface area (Å²) in [7, 11) is 0. The first-order valence-corrected chi connectivity index (χ1v) is 6.22. The first-order chi connectivity index (χ1) is 9.63. The summed E-state index contributed by atoms with van der Waals surface area (Å²) in [5.41, 5.74) is 1.48. The molecule has 0 aliphatic carbocycles. The number of benzene rings is 1. The second-order valence-corrected chi connectivity index (χ2v) is 4.37. The average Bonchev–Trinajstić information content (AvgIpc) is 2.45. The van der Waals surface area contributed by atoms with Crippen LogP contribution in [0.15, 0.2) is 48.7 Å². The van der Waals surface area contributed by atoms with E-state index in [0.717, 1.165) is 11.1 Å². The molecule has 0 aliphatic rings. The maximum absolute atomic E-state index is 12.7. The molecular formula is C15H11ClFNO2. The molecule has 0 bridgehead atoms. The second kappa shape index (κ2) is 6.82.